The molecule has 0 bridgehead atoms. The second kappa shape index (κ2) is 9.55. The van der Waals surface area contributed by atoms with Crippen LogP contribution < -0.4 is 15.8 Å². The standard InChI is InChI=1S/C24H29N5O4S/c1-3-4-11-20(25)22-27-21(28-33-22)16-7-5-10-19(14-16)34(31,32)29-18-9-6-8-17(15-18)26-23(30)24(2)12-13-24/h5-10,14-15,20,29H,3-4,11-13,25H2,1-2H3,(H,26,30). The van der Waals surface area contributed by atoms with Crippen molar-refractivity contribution in [3.8, 4) is 11.4 Å². The van der Waals surface area contributed by atoms with Crippen LogP contribution in [0.2, 0.25) is 0 Å². The van der Waals surface area contributed by atoms with Crippen LogP contribution in [0.4, 0.5) is 11.4 Å². The molecule has 1 aliphatic carbocycles. The zero-order chi connectivity index (χ0) is 24.3. The smallest absolute Gasteiger partial charge is 0.261 e. The minimum Gasteiger partial charge on any atom is -0.337 e. The summed E-state index contributed by atoms with van der Waals surface area (Å²) in [6.45, 7) is 3.99. The lowest BCUT2D eigenvalue weighted by molar-refractivity contribution is -0.120. The summed E-state index contributed by atoms with van der Waals surface area (Å²) < 4.78 is 33.9. The Kier molecular flexibility index (Phi) is 6.72. The molecule has 1 atom stereocenters. The normalized spacial score (nSPS) is 15.5. The number of sulfonamides is 1. The van der Waals surface area contributed by atoms with E-state index in [2.05, 4.69) is 27.1 Å². The van der Waals surface area contributed by atoms with Gasteiger partial charge >= 0.3 is 0 Å². The second-order valence-electron chi connectivity index (χ2n) is 8.93. The third kappa shape index (κ3) is 5.45. The Labute approximate surface area is 199 Å². The van der Waals surface area contributed by atoms with Crippen molar-refractivity contribution in [1.29, 1.82) is 0 Å². The fourth-order valence-corrected chi connectivity index (χ4v) is 4.52. The van der Waals surface area contributed by atoms with Gasteiger partial charge < -0.3 is 15.6 Å². The van der Waals surface area contributed by atoms with Crippen molar-refractivity contribution in [3.05, 3.63) is 54.4 Å². The highest BCUT2D eigenvalue weighted by Gasteiger charge is 2.44. The molecule has 4 rings (SSSR count). The summed E-state index contributed by atoms with van der Waals surface area (Å²) in [4.78, 5) is 16.7. The lowest BCUT2D eigenvalue weighted by atomic mass is 10.1. The van der Waals surface area contributed by atoms with E-state index in [4.69, 9.17) is 10.3 Å². The highest BCUT2D eigenvalue weighted by molar-refractivity contribution is 7.92. The number of unbranched alkanes of at least 4 members (excludes halogenated alkanes) is 1. The summed E-state index contributed by atoms with van der Waals surface area (Å²) in [5.41, 5.74) is 7.14. The van der Waals surface area contributed by atoms with E-state index < -0.39 is 10.0 Å². The van der Waals surface area contributed by atoms with Gasteiger partial charge in [0.05, 0.1) is 16.6 Å². The molecule has 180 valence electrons. The van der Waals surface area contributed by atoms with Gasteiger partial charge in [0, 0.05) is 16.7 Å². The molecule has 1 aromatic heterocycles. The summed E-state index contributed by atoms with van der Waals surface area (Å²) in [7, 11) is -3.90. The number of hydrogen-bond acceptors (Lipinski definition) is 7. The van der Waals surface area contributed by atoms with Crippen molar-refractivity contribution in [1.82, 2.24) is 10.1 Å². The van der Waals surface area contributed by atoms with Crippen molar-refractivity contribution in [2.24, 2.45) is 11.1 Å². The minimum absolute atomic E-state index is 0.0477. The van der Waals surface area contributed by atoms with Crippen LogP contribution in [-0.2, 0) is 14.8 Å². The molecule has 3 aromatic rings. The number of nitrogens with one attached hydrogen (secondary N) is 2. The molecule has 0 aliphatic heterocycles. The maximum Gasteiger partial charge on any atom is 0.261 e. The molecule has 2 aromatic carbocycles. The van der Waals surface area contributed by atoms with E-state index in [1.54, 1.807) is 36.4 Å². The number of anilines is 2. The maximum atomic E-state index is 13.0. The average molecular weight is 484 g/mol. The fourth-order valence-electron chi connectivity index (χ4n) is 3.42. The highest BCUT2D eigenvalue weighted by Crippen LogP contribution is 2.45. The largest absolute Gasteiger partial charge is 0.337 e. The number of carbonyl (C=O) groups excluding carboxylic acids is 1. The molecule has 0 spiro atoms. The zero-order valence-electron chi connectivity index (χ0n) is 19.2. The van der Waals surface area contributed by atoms with Crippen molar-refractivity contribution in [2.45, 2.75) is 56.9 Å². The number of amides is 1. The first kappa shape index (κ1) is 23.9. The van der Waals surface area contributed by atoms with E-state index in [-0.39, 0.29) is 28.1 Å². The van der Waals surface area contributed by atoms with Gasteiger partial charge in [-0.05, 0) is 49.6 Å². The third-order valence-corrected chi connectivity index (χ3v) is 7.33. The number of nitrogens with zero attached hydrogens (tertiary/aromatic N) is 2. The Bertz CT molecular complexity index is 1280. The number of carbonyl (C=O) groups is 1. The Morgan fingerprint density at radius 2 is 1.91 bits per heavy atom. The first-order valence-corrected chi connectivity index (χ1v) is 12.8. The van der Waals surface area contributed by atoms with Crippen LogP contribution >= 0.6 is 0 Å². The van der Waals surface area contributed by atoms with Crippen molar-refractivity contribution < 1.29 is 17.7 Å². The predicted octanol–water partition coefficient (Wildman–Crippen LogP) is 4.47. The Balaban J connectivity index is 1.49. The molecule has 10 heteroatoms. The monoisotopic (exact) mass is 483 g/mol. The average Bonchev–Trinajstić information content (AvgIpc) is 3.38. The van der Waals surface area contributed by atoms with Crippen LogP contribution in [-0.4, -0.2) is 24.5 Å². The summed E-state index contributed by atoms with van der Waals surface area (Å²) in [5, 5.41) is 6.82. The molecule has 1 heterocycles. The summed E-state index contributed by atoms with van der Waals surface area (Å²) in [6.07, 6.45) is 4.40. The molecule has 1 saturated carbocycles. The number of aromatic nitrogens is 2. The van der Waals surface area contributed by atoms with Gasteiger partial charge in [-0.1, -0.05) is 50.0 Å². The highest BCUT2D eigenvalue weighted by atomic mass is 32.2. The predicted molar refractivity (Wildman–Crippen MR) is 129 cm³/mol. The molecule has 0 saturated heterocycles. The zero-order valence-corrected chi connectivity index (χ0v) is 20.1. The van der Waals surface area contributed by atoms with Crippen molar-refractivity contribution in [3.63, 3.8) is 0 Å². The quantitative estimate of drug-likeness (QED) is 0.386. The molecular weight excluding hydrogens is 454 g/mol. The summed E-state index contributed by atoms with van der Waals surface area (Å²) in [5.74, 6) is 0.542. The molecule has 9 nitrogen and oxygen atoms in total. The molecule has 1 unspecified atom stereocenters. The molecule has 1 amide bonds. The van der Waals surface area contributed by atoms with Gasteiger partial charge in [-0.25, -0.2) is 8.42 Å². The van der Waals surface area contributed by atoms with Crippen LogP contribution in [0, 0.1) is 5.41 Å². The first-order chi connectivity index (χ1) is 16.2. The second-order valence-corrected chi connectivity index (χ2v) is 10.6. The van der Waals surface area contributed by atoms with Crippen molar-refractivity contribution in [2.75, 3.05) is 10.0 Å². The van der Waals surface area contributed by atoms with Crippen LogP contribution in [0.3, 0.4) is 0 Å². The molecule has 1 fully saturated rings. The van der Waals surface area contributed by atoms with Crippen LogP contribution in [0.15, 0.2) is 57.9 Å². The van der Waals surface area contributed by atoms with E-state index in [1.165, 1.54) is 12.1 Å². The Hall–Kier alpha value is -3.24. The molecule has 34 heavy (non-hydrogen) atoms. The van der Waals surface area contributed by atoms with Gasteiger partial charge in [0.2, 0.25) is 17.6 Å². The van der Waals surface area contributed by atoms with E-state index >= 15 is 0 Å². The number of rotatable bonds is 10. The lowest BCUT2D eigenvalue weighted by Gasteiger charge is -2.12. The van der Waals surface area contributed by atoms with Gasteiger partial charge in [0.1, 0.15) is 0 Å². The van der Waals surface area contributed by atoms with Crippen molar-refractivity contribution >= 4 is 27.3 Å². The number of benzene rings is 2. The SMILES string of the molecule is CCCCC(N)c1nc(-c2cccc(S(=O)(=O)Nc3cccc(NC(=O)C4(C)CC4)c3)c2)no1. The minimum atomic E-state index is -3.90. The van der Waals surface area contributed by atoms with E-state index in [0.717, 1.165) is 32.1 Å². The van der Waals surface area contributed by atoms with Gasteiger partial charge in [0.25, 0.3) is 10.0 Å². The molecule has 0 radical (unpaired) electrons. The Morgan fingerprint density at radius 1 is 1.18 bits per heavy atom. The topological polar surface area (TPSA) is 140 Å². The molecule has 1 aliphatic rings. The molecule has 4 N–H and O–H groups in total. The lowest BCUT2D eigenvalue weighted by Crippen LogP contribution is -2.21. The number of nitrogens with two attached hydrogens (primary N) is 1. The Morgan fingerprint density at radius 3 is 2.65 bits per heavy atom. The van der Waals surface area contributed by atoms with E-state index in [1.807, 2.05) is 6.92 Å². The van der Waals surface area contributed by atoms with Crippen LogP contribution in [0.25, 0.3) is 11.4 Å². The van der Waals surface area contributed by atoms with E-state index in [0.29, 0.717) is 22.8 Å². The van der Waals surface area contributed by atoms with Gasteiger partial charge in [-0.3, -0.25) is 9.52 Å². The fraction of sp³-hybridized carbons (Fsp3) is 0.375. The first-order valence-electron chi connectivity index (χ1n) is 11.3. The third-order valence-electron chi connectivity index (χ3n) is 5.95. The van der Waals surface area contributed by atoms with E-state index in [9.17, 15) is 13.2 Å². The molecular formula is C24H29N5O4S. The van der Waals surface area contributed by atoms with Crippen LogP contribution in [0.1, 0.15) is 57.9 Å². The number of hydrogen-bond donors (Lipinski definition) is 3. The summed E-state index contributed by atoms with van der Waals surface area (Å²) >= 11 is 0. The summed E-state index contributed by atoms with van der Waals surface area (Å²) in [6, 6.07) is 12.6. The van der Waals surface area contributed by atoms with Crippen LogP contribution in [0.5, 0.6) is 0 Å². The van der Waals surface area contributed by atoms with Gasteiger partial charge in [-0.2, -0.15) is 4.98 Å². The van der Waals surface area contributed by atoms with Gasteiger partial charge in [0.15, 0.2) is 0 Å². The maximum absolute atomic E-state index is 13.0. The van der Waals surface area contributed by atoms with Gasteiger partial charge in [-0.15, -0.1) is 0 Å².